The van der Waals surface area contributed by atoms with Gasteiger partial charge in [-0.05, 0) is 73.7 Å². The van der Waals surface area contributed by atoms with Crippen LogP contribution in [0.2, 0.25) is 0 Å². The number of hydrogen-bond acceptors (Lipinski definition) is 7. The van der Waals surface area contributed by atoms with Crippen molar-refractivity contribution in [3.63, 3.8) is 0 Å². The van der Waals surface area contributed by atoms with Crippen LogP contribution in [-0.2, 0) is 25.7 Å². The van der Waals surface area contributed by atoms with Gasteiger partial charge in [-0.15, -0.1) is 0 Å². The molecule has 0 amide bonds. The zero-order valence-corrected chi connectivity index (χ0v) is 23.6. The van der Waals surface area contributed by atoms with Crippen molar-refractivity contribution >= 4 is 28.3 Å². The Labute approximate surface area is 241 Å². The maximum absolute atomic E-state index is 13.1. The molecule has 5 aromatic rings. The van der Waals surface area contributed by atoms with Gasteiger partial charge in [0, 0.05) is 10.5 Å². The van der Waals surface area contributed by atoms with E-state index in [-0.39, 0.29) is 5.97 Å². The van der Waals surface area contributed by atoms with Gasteiger partial charge in [0.15, 0.2) is 5.76 Å². The first-order valence-corrected chi connectivity index (χ1v) is 14.7. The van der Waals surface area contributed by atoms with Crippen molar-refractivity contribution in [2.45, 2.75) is 42.0 Å². The Morgan fingerprint density at radius 2 is 1.68 bits per heavy atom. The third kappa shape index (κ3) is 5.18. The zero-order valence-electron chi connectivity index (χ0n) is 22.8. The van der Waals surface area contributed by atoms with E-state index in [9.17, 15) is 9.00 Å². The zero-order chi connectivity index (χ0) is 28.4. The molecule has 1 aliphatic carbocycles. The van der Waals surface area contributed by atoms with Crippen molar-refractivity contribution in [3.8, 4) is 22.5 Å². The van der Waals surface area contributed by atoms with E-state index in [1.54, 1.807) is 6.07 Å². The maximum atomic E-state index is 13.1. The van der Waals surface area contributed by atoms with E-state index < -0.39 is 16.2 Å². The van der Waals surface area contributed by atoms with Crippen molar-refractivity contribution in [3.05, 3.63) is 108 Å². The number of nitrogens with one attached hydrogen (secondary N) is 1. The lowest BCUT2D eigenvalue weighted by molar-refractivity contribution is -0.146. The minimum Gasteiger partial charge on any atom is -0.465 e. The molecule has 6 rings (SSSR count). The predicted octanol–water partition coefficient (Wildman–Crippen LogP) is 7.22. The molecule has 2 aromatic heterocycles. The van der Waals surface area contributed by atoms with E-state index in [2.05, 4.69) is 15.5 Å². The normalized spacial score (nSPS) is 14.3. The summed E-state index contributed by atoms with van der Waals surface area (Å²) in [5.74, 6) is 0.846. The number of rotatable bonds is 9. The van der Waals surface area contributed by atoms with E-state index in [4.69, 9.17) is 9.26 Å². The van der Waals surface area contributed by atoms with E-state index in [1.165, 1.54) is 0 Å². The second-order valence-corrected chi connectivity index (χ2v) is 11.4. The number of ether oxygens (including phenoxy) is 1. The first-order valence-electron chi connectivity index (χ1n) is 13.5. The quantitative estimate of drug-likeness (QED) is 0.189. The smallest absolute Gasteiger partial charge is 0.316 e. The van der Waals surface area contributed by atoms with Crippen molar-refractivity contribution in [2.75, 3.05) is 11.9 Å². The molecule has 206 valence electrons. The number of benzene rings is 3. The Bertz CT molecular complexity index is 1730. The van der Waals surface area contributed by atoms with Crippen molar-refractivity contribution in [2.24, 2.45) is 0 Å². The molecule has 7 nitrogen and oxygen atoms in total. The number of anilines is 2. The summed E-state index contributed by atoms with van der Waals surface area (Å²) in [6.07, 6.45) is 1.48. The fourth-order valence-electron chi connectivity index (χ4n) is 4.99. The number of pyridine rings is 1. The van der Waals surface area contributed by atoms with Crippen LogP contribution < -0.4 is 5.32 Å². The van der Waals surface area contributed by atoms with Crippen molar-refractivity contribution < 1.29 is 18.3 Å². The number of carbonyl (C=O) groups excluding carboxylic acids is 1. The molecule has 0 radical (unpaired) electrons. The standard InChI is InChI=1S/C33H29N3O4S/c1-3-39-32(37)33(19-20-33)24-17-18-26(23-11-6-4-7-12-23)27(21-24)31-30(22(2)36-40-31)35-28-15-10-16-29(34-28)41(38)25-13-8-5-9-14-25/h4-18,21H,3,19-20H2,1-2H3,(H,34,35). The third-order valence-electron chi connectivity index (χ3n) is 7.30. The van der Waals surface area contributed by atoms with Crippen molar-refractivity contribution in [1.82, 2.24) is 10.1 Å². The molecule has 41 heavy (non-hydrogen) atoms. The van der Waals surface area contributed by atoms with Gasteiger partial charge >= 0.3 is 5.97 Å². The van der Waals surface area contributed by atoms with Crippen LogP contribution in [0.1, 0.15) is 31.0 Å². The summed E-state index contributed by atoms with van der Waals surface area (Å²) in [7, 11) is -1.43. The summed E-state index contributed by atoms with van der Waals surface area (Å²) in [4.78, 5) is 18.3. The monoisotopic (exact) mass is 563 g/mol. The van der Waals surface area contributed by atoms with Gasteiger partial charge in [-0.1, -0.05) is 71.9 Å². The number of nitrogens with zero attached hydrogens (tertiary/aromatic N) is 2. The average molecular weight is 564 g/mol. The van der Waals surface area contributed by atoms with Gasteiger partial charge in [-0.3, -0.25) is 4.79 Å². The number of carbonyl (C=O) groups is 1. The van der Waals surface area contributed by atoms with Crippen LogP contribution in [0.5, 0.6) is 0 Å². The Morgan fingerprint density at radius 1 is 0.951 bits per heavy atom. The van der Waals surface area contributed by atoms with E-state index in [1.807, 2.05) is 105 Å². The Kier molecular flexibility index (Phi) is 7.24. The predicted molar refractivity (Wildman–Crippen MR) is 158 cm³/mol. The maximum Gasteiger partial charge on any atom is 0.316 e. The molecule has 1 fully saturated rings. The molecular weight excluding hydrogens is 534 g/mol. The van der Waals surface area contributed by atoms with Gasteiger partial charge in [0.1, 0.15) is 33.0 Å². The van der Waals surface area contributed by atoms with Crippen LogP contribution in [0, 0.1) is 6.92 Å². The van der Waals surface area contributed by atoms with Gasteiger partial charge in [0.05, 0.1) is 12.0 Å². The second kappa shape index (κ2) is 11.1. The number of hydrogen-bond donors (Lipinski definition) is 1. The molecular formula is C33H29N3O4S. The highest BCUT2D eigenvalue weighted by molar-refractivity contribution is 7.85. The Hall–Kier alpha value is -4.56. The lowest BCUT2D eigenvalue weighted by Crippen LogP contribution is -2.23. The van der Waals surface area contributed by atoms with Gasteiger partial charge in [0.25, 0.3) is 0 Å². The molecule has 1 aliphatic rings. The molecule has 8 heteroatoms. The SMILES string of the molecule is CCOC(=O)C1(c2ccc(-c3ccccc3)c(-c3onc(C)c3Nc3cccc(S(=O)c4ccccc4)n3)c2)CC1. The largest absolute Gasteiger partial charge is 0.465 e. The highest BCUT2D eigenvalue weighted by Gasteiger charge is 2.53. The van der Waals surface area contributed by atoms with Crippen LogP contribution in [-0.4, -0.2) is 26.9 Å². The Morgan fingerprint density at radius 3 is 2.39 bits per heavy atom. The van der Waals surface area contributed by atoms with Gasteiger partial charge in [0.2, 0.25) is 0 Å². The first-order chi connectivity index (χ1) is 20.0. The second-order valence-electron chi connectivity index (χ2n) is 9.97. The molecule has 1 atom stereocenters. The molecule has 2 heterocycles. The van der Waals surface area contributed by atoms with Crippen LogP contribution >= 0.6 is 0 Å². The van der Waals surface area contributed by atoms with E-state index in [0.717, 1.165) is 35.1 Å². The summed E-state index contributed by atoms with van der Waals surface area (Å²) in [6.45, 7) is 4.02. The average Bonchev–Trinajstić information content (AvgIpc) is 3.76. The topological polar surface area (TPSA) is 94.3 Å². The first kappa shape index (κ1) is 26.7. The van der Waals surface area contributed by atoms with Gasteiger partial charge < -0.3 is 14.6 Å². The molecule has 0 saturated heterocycles. The summed E-state index contributed by atoms with van der Waals surface area (Å²) in [6, 6.07) is 30.7. The number of aromatic nitrogens is 2. The van der Waals surface area contributed by atoms with E-state index >= 15 is 0 Å². The highest BCUT2D eigenvalue weighted by Crippen LogP contribution is 2.51. The fraction of sp³-hybridized carbons (Fsp3) is 0.182. The molecule has 1 unspecified atom stereocenters. The number of esters is 1. The Balaban J connectivity index is 1.42. The summed E-state index contributed by atoms with van der Waals surface area (Å²) >= 11 is 0. The fourth-order valence-corrected chi connectivity index (χ4v) is 6.01. The lowest BCUT2D eigenvalue weighted by Gasteiger charge is -2.17. The molecule has 0 bridgehead atoms. The minimum atomic E-state index is -1.43. The van der Waals surface area contributed by atoms with Crippen LogP contribution in [0.4, 0.5) is 11.5 Å². The molecule has 0 aliphatic heterocycles. The number of aryl methyl sites for hydroxylation is 1. The van der Waals surface area contributed by atoms with Gasteiger partial charge in [-0.25, -0.2) is 9.19 Å². The van der Waals surface area contributed by atoms with E-state index in [0.29, 0.717) is 39.5 Å². The van der Waals surface area contributed by atoms with Gasteiger partial charge in [-0.2, -0.15) is 0 Å². The van der Waals surface area contributed by atoms with Crippen LogP contribution in [0.3, 0.4) is 0 Å². The van der Waals surface area contributed by atoms with Crippen LogP contribution in [0.15, 0.2) is 112 Å². The molecule has 3 aromatic carbocycles. The summed E-state index contributed by atoms with van der Waals surface area (Å²) < 4.78 is 24.5. The van der Waals surface area contributed by atoms with Crippen molar-refractivity contribution in [1.29, 1.82) is 0 Å². The minimum absolute atomic E-state index is 0.196. The molecule has 0 spiro atoms. The molecule has 1 saturated carbocycles. The summed E-state index contributed by atoms with van der Waals surface area (Å²) in [5.41, 5.74) is 4.30. The third-order valence-corrected chi connectivity index (χ3v) is 8.61. The molecule has 1 N–H and O–H groups in total. The lowest BCUT2D eigenvalue weighted by atomic mass is 9.89. The van der Waals surface area contributed by atoms with Crippen LogP contribution in [0.25, 0.3) is 22.5 Å². The highest BCUT2D eigenvalue weighted by atomic mass is 32.2. The summed E-state index contributed by atoms with van der Waals surface area (Å²) in [5, 5.41) is 8.09.